The molecule has 1 aromatic rings. The third kappa shape index (κ3) is 2.17. The third-order valence-corrected chi connectivity index (χ3v) is 7.89. The molecule has 5 heteroatoms. The maximum atomic E-state index is 13.9. The van der Waals surface area contributed by atoms with E-state index in [-0.39, 0.29) is 30.2 Å². The normalized spacial score (nSPS) is 32.4. The highest BCUT2D eigenvalue weighted by Crippen LogP contribution is 2.70. The van der Waals surface area contributed by atoms with Crippen LogP contribution in [0, 0.1) is 16.7 Å². The molecule has 4 rings (SSSR count). The maximum absolute atomic E-state index is 13.9. The molecular formula is C23H30N2O3. The molecule has 5 nitrogen and oxygen atoms in total. The summed E-state index contributed by atoms with van der Waals surface area (Å²) in [7, 11) is 0. The van der Waals surface area contributed by atoms with Crippen molar-refractivity contribution >= 4 is 17.5 Å². The smallest absolute Gasteiger partial charge is 0.274 e. The van der Waals surface area contributed by atoms with Crippen molar-refractivity contribution in [2.75, 3.05) is 5.01 Å². The van der Waals surface area contributed by atoms with Gasteiger partial charge in [-0.25, -0.2) is 10.0 Å². The summed E-state index contributed by atoms with van der Waals surface area (Å²) in [4.78, 5) is 27.6. The Labute approximate surface area is 167 Å². The van der Waals surface area contributed by atoms with E-state index in [0.29, 0.717) is 11.6 Å². The average Bonchev–Trinajstić information content (AvgIpc) is 3.21. The van der Waals surface area contributed by atoms with E-state index in [2.05, 4.69) is 20.4 Å². The fraction of sp³-hybridized carbons (Fsp3) is 0.565. The number of aliphatic hydroxyl groups is 1. The van der Waals surface area contributed by atoms with E-state index in [4.69, 9.17) is 0 Å². The van der Waals surface area contributed by atoms with Gasteiger partial charge in [-0.2, -0.15) is 0 Å². The second-order valence-corrected chi connectivity index (χ2v) is 9.16. The number of para-hydroxylation sites is 1. The Morgan fingerprint density at radius 3 is 2.61 bits per heavy atom. The number of hydrogen-bond donors (Lipinski definition) is 1. The van der Waals surface area contributed by atoms with Crippen molar-refractivity contribution in [1.82, 2.24) is 5.01 Å². The van der Waals surface area contributed by atoms with Gasteiger partial charge in [-0.1, -0.05) is 45.0 Å². The lowest BCUT2D eigenvalue weighted by molar-refractivity contribution is -0.154. The summed E-state index contributed by atoms with van der Waals surface area (Å²) in [5.74, 6) is 0.0280. The van der Waals surface area contributed by atoms with Gasteiger partial charge in [0.15, 0.2) is 0 Å². The molecular weight excluding hydrogens is 352 g/mol. The van der Waals surface area contributed by atoms with E-state index in [0.717, 1.165) is 19.3 Å². The number of fused-ring (bicyclic) bond motifs is 1. The lowest BCUT2D eigenvalue weighted by atomic mass is 9.67. The maximum Gasteiger partial charge on any atom is 0.274 e. The SMILES string of the molecule is C=CC[C@@](O)(CC)C(=O)N1[C@H]2C[C@H]3CC[C@]2(C(=O)N1c1ccccc1)C3(C)C. The highest BCUT2D eigenvalue weighted by Gasteiger charge is 2.75. The average molecular weight is 383 g/mol. The number of rotatable bonds is 5. The Balaban J connectivity index is 1.86. The second-order valence-electron chi connectivity index (χ2n) is 9.16. The van der Waals surface area contributed by atoms with Crippen molar-refractivity contribution < 1.29 is 14.7 Å². The number of hydrazine groups is 1. The van der Waals surface area contributed by atoms with Gasteiger partial charge in [0.05, 0.1) is 17.1 Å². The Kier molecular flexibility index (Phi) is 4.23. The van der Waals surface area contributed by atoms with E-state index < -0.39 is 16.9 Å². The van der Waals surface area contributed by atoms with Crippen LogP contribution < -0.4 is 5.01 Å². The monoisotopic (exact) mass is 382 g/mol. The van der Waals surface area contributed by atoms with Gasteiger partial charge in [-0.3, -0.25) is 9.59 Å². The molecule has 1 aromatic carbocycles. The van der Waals surface area contributed by atoms with Crippen LogP contribution in [0.2, 0.25) is 0 Å². The van der Waals surface area contributed by atoms with Gasteiger partial charge in [0.25, 0.3) is 11.8 Å². The number of carbonyl (C=O) groups is 2. The summed E-state index contributed by atoms with van der Waals surface area (Å²) in [6, 6.07) is 9.14. The molecule has 2 amide bonds. The largest absolute Gasteiger partial charge is 0.380 e. The van der Waals surface area contributed by atoms with E-state index >= 15 is 0 Å². The lowest BCUT2D eigenvalue weighted by Gasteiger charge is -2.38. The zero-order valence-electron chi connectivity index (χ0n) is 17.0. The minimum atomic E-state index is -1.55. The molecule has 2 aliphatic carbocycles. The third-order valence-electron chi connectivity index (χ3n) is 7.89. The van der Waals surface area contributed by atoms with Crippen molar-refractivity contribution in [3.05, 3.63) is 43.0 Å². The number of nitrogens with zero attached hydrogens (tertiary/aromatic N) is 2. The van der Waals surface area contributed by atoms with Gasteiger partial charge in [0.1, 0.15) is 5.60 Å². The predicted octanol–water partition coefficient (Wildman–Crippen LogP) is 3.69. The fourth-order valence-corrected chi connectivity index (χ4v) is 6.07. The molecule has 1 aliphatic heterocycles. The summed E-state index contributed by atoms with van der Waals surface area (Å²) in [5.41, 5.74) is -1.61. The minimum absolute atomic E-state index is 0.000828. The Morgan fingerprint density at radius 1 is 1.36 bits per heavy atom. The molecule has 1 saturated heterocycles. The van der Waals surface area contributed by atoms with E-state index in [1.807, 2.05) is 30.3 Å². The van der Waals surface area contributed by atoms with Gasteiger partial charge in [-0.05, 0) is 49.1 Å². The van der Waals surface area contributed by atoms with Crippen LogP contribution in [0.1, 0.15) is 52.9 Å². The highest BCUT2D eigenvalue weighted by atomic mass is 16.3. The first-order chi connectivity index (χ1) is 13.2. The standard InChI is InChI=1S/C23H30N2O3/c1-5-13-22(28,6-2)19(26)25-18-15-16-12-14-23(18,21(16,3)4)20(27)24(25)17-10-8-7-9-11-17/h5,7-11,16,18,28H,1,6,12-15H2,2-4H3/t16-,18+,22+,23+/m1/s1. The Hall–Kier alpha value is -2.14. The van der Waals surface area contributed by atoms with Crippen molar-refractivity contribution in [3.63, 3.8) is 0 Å². The van der Waals surface area contributed by atoms with Crippen LogP contribution in [0.3, 0.4) is 0 Å². The molecule has 3 fully saturated rings. The summed E-state index contributed by atoms with van der Waals surface area (Å²) >= 11 is 0. The van der Waals surface area contributed by atoms with Crippen molar-refractivity contribution in [2.24, 2.45) is 16.7 Å². The molecule has 2 bridgehead atoms. The van der Waals surface area contributed by atoms with Crippen LogP contribution in [-0.4, -0.2) is 33.6 Å². The van der Waals surface area contributed by atoms with Gasteiger partial charge in [0, 0.05) is 6.42 Å². The molecule has 1 spiro atoms. The first kappa shape index (κ1) is 19.2. The molecule has 3 aliphatic rings. The predicted molar refractivity (Wildman–Crippen MR) is 108 cm³/mol. The topological polar surface area (TPSA) is 60.9 Å². The summed E-state index contributed by atoms with van der Waals surface area (Å²) < 4.78 is 0. The molecule has 28 heavy (non-hydrogen) atoms. The first-order valence-corrected chi connectivity index (χ1v) is 10.3. The van der Waals surface area contributed by atoms with Gasteiger partial charge < -0.3 is 5.11 Å². The summed E-state index contributed by atoms with van der Waals surface area (Å²) in [6.07, 6.45) is 4.64. The van der Waals surface area contributed by atoms with Crippen molar-refractivity contribution in [1.29, 1.82) is 0 Å². The van der Waals surface area contributed by atoms with Crippen LogP contribution in [-0.2, 0) is 9.59 Å². The van der Waals surface area contributed by atoms with Gasteiger partial charge in [-0.15, -0.1) is 6.58 Å². The molecule has 4 atom stereocenters. The van der Waals surface area contributed by atoms with Crippen molar-refractivity contribution in [3.8, 4) is 0 Å². The Bertz CT molecular complexity index is 820. The molecule has 2 saturated carbocycles. The van der Waals surface area contributed by atoms with Crippen LogP contribution in [0.25, 0.3) is 0 Å². The highest BCUT2D eigenvalue weighted by molar-refractivity contribution is 6.06. The minimum Gasteiger partial charge on any atom is -0.380 e. The number of benzene rings is 1. The number of hydrogen-bond acceptors (Lipinski definition) is 3. The van der Waals surface area contributed by atoms with Gasteiger partial charge in [0.2, 0.25) is 0 Å². The van der Waals surface area contributed by atoms with E-state index in [1.54, 1.807) is 23.0 Å². The fourth-order valence-electron chi connectivity index (χ4n) is 6.07. The molecule has 1 heterocycles. The van der Waals surface area contributed by atoms with Crippen LogP contribution >= 0.6 is 0 Å². The van der Waals surface area contributed by atoms with E-state index in [9.17, 15) is 14.7 Å². The van der Waals surface area contributed by atoms with Gasteiger partial charge >= 0.3 is 0 Å². The quantitative estimate of drug-likeness (QED) is 0.790. The molecule has 1 N–H and O–H groups in total. The first-order valence-electron chi connectivity index (χ1n) is 10.3. The Morgan fingerprint density at radius 2 is 2.04 bits per heavy atom. The van der Waals surface area contributed by atoms with Crippen molar-refractivity contribution in [2.45, 2.75) is 64.5 Å². The zero-order valence-corrected chi connectivity index (χ0v) is 17.0. The number of anilines is 1. The molecule has 0 unspecified atom stereocenters. The second kappa shape index (κ2) is 6.18. The molecule has 0 aromatic heterocycles. The van der Waals surface area contributed by atoms with E-state index in [1.165, 1.54) is 0 Å². The molecule has 0 radical (unpaired) electrons. The number of carbonyl (C=O) groups excluding carboxylic acids is 2. The van der Waals surface area contributed by atoms with Crippen LogP contribution in [0.4, 0.5) is 5.69 Å². The lowest BCUT2D eigenvalue weighted by Crippen LogP contribution is -2.56. The number of amides is 2. The van der Waals surface area contributed by atoms with Crippen LogP contribution in [0.15, 0.2) is 43.0 Å². The molecule has 150 valence electrons. The summed E-state index contributed by atoms with van der Waals surface area (Å²) in [6.45, 7) is 9.86. The zero-order chi connectivity index (χ0) is 20.3. The van der Waals surface area contributed by atoms with Crippen LogP contribution in [0.5, 0.6) is 0 Å². The summed E-state index contributed by atoms with van der Waals surface area (Å²) in [5, 5.41) is 14.3.